The lowest BCUT2D eigenvalue weighted by molar-refractivity contribution is -0.142. The molecule has 0 spiro atoms. The van der Waals surface area contributed by atoms with Crippen LogP contribution in [-0.4, -0.2) is 100.0 Å². The van der Waals surface area contributed by atoms with Crippen molar-refractivity contribution in [3.05, 3.63) is 29.8 Å². The van der Waals surface area contributed by atoms with Gasteiger partial charge < -0.3 is 53.2 Å². The van der Waals surface area contributed by atoms with Crippen LogP contribution in [0.4, 0.5) is 0 Å². The monoisotopic (exact) mass is 582 g/mol. The zero-order valence-electron chi connectivity index (χ0n) is 23.2. The molecule has 0 bridgehead atoms. The number of amides is 4. The van der Waals surface area contributed by atoms with Gasteiger partial charge in [0, 0.05) is 6.42 Å². The number of phenolic OH excluding ortho intramolecular Hbond substituents is 1. The SMILES string of the molecule is CC(C)[C@H](NC(=O)[C@@H](N)CO)C(=O)N[C@@H](CCCCN)C(=O)N[C@@H](CO)C(=O)N[C@@H](Cc1ccc(O)cc1)C(=O)O. The highest BCUT2D eigenvalue weighted by Crippen LogP contribution is 2.12. The van der Waals surface area contributed by atoms with E-state index in [2.05, 4.69) is 21.3 Å². The number of benzene rings is 1. The molecule has 41 heavy (non-hydrogen) atoms. The highest BCUT2D eigenvalue weighted by atomic mass is 16.4. The number of carboxylic acids is 1. The van der Waals surface area contributed by atoms with Gasteiger partial charge in [0.05, 0.1) is 13.2 Å². The number of phenols is 1. The quantitative estimate of drug-likeness (QED) is 0.0782. The number of rotatable bonds is 18. The third-order valence-corrected chi connectivity index (χ3v) is 6.17. The van der Waals surface area contributed by atoms with Crippen LogP contribution >= 0.6 is 0 Å². The van der Waals surface area contributed by atoms with Gasteiger partial charge in [0.2, 0.25) is 23.6 Å². The Kier molecular flexibility index (Phi) is 15.3. The summed E-state index contributed by atoms with van der Waals surface area (Å²) in [6, 6.07) is -0.778. The average molecular weight is 583 g/mol. The summed E-state index contributed by atoms with van der Waals surface area (Å²) in [6.07, 6.45) is 0.930. The zero-order valence-corrected chi connectivity index (χ0v) is 23.2. The molecule has 0 radical (unpaired) electrons. The topological polar surface area (TPSA) is 266 Å². The van der Waals surface area contributed by atoms with Gasteiger partial charge in [0.25, 0.3) is 0 Å². The second-order valence-electron chi connectivity index (χ2n) is 9.88. The molecule has 0 aliphatic carbocycles. The third kappa shape index (κ3) is 12.1. The predicted molar refractivity (Wildman–Crippen MR) is 147 cm³/mol. The zero-order chi connectivity index (χ0) is 31.1. The fourth-order valence-corrected chi connectivity index (χ4v) is 3.71. The number of aliphatic hydroxyl groups excluding tert-OH is 2. The summed E-state index contributed by atoms with van der Waals surface area (Å²) in [6.45, 7) is 2.13. The number of hydrogen-bond acceptors (Lipinski definition) is 10. The molecule has 0 saturated carbocycles. The second kappa shape index (κ2) is 17.8. The number of aliphatic carboxylic acids is 1. The Morgan fingerprint density at radius 3 is 1.85 bits per heavy atom. The molecule has 0 unspecified atom stereocenters. The summed E-state index contributed by atoms with van der Waals surface area (Å²) in [7, 11) is 0. The van der Waals surface area contributed by atoms with Gasteiger partial charge in [0.15, 0.2) is 0 Å². The van der Waals surface area contributed by atoms with Crippen molar-refractivity contribution in [2.75, 3.05) is 19.8 Å². The highest BCUT2D eigenvalue weighted by Gasteiger charge is 2.32. The molecule has 0 aromatic heterocycles. The van der Waals surface area contributed by atoms with Crippen LogP contribution in [0, 0.1) is 5.92 Å². The van der Waals surface area contributed by atoms with Gasteiger partial charge in [-0.1, -0.05) is 26.0 Å². The molecule has 1 rings (SSSR count). The van der Waals surface area contributed by atoms with Crippen molar-refractivity contribution >= 4 is 29.6 Å². The molecule has 0 fully saturated rings. The van der Waals surface area contributed by atoms with E-state index in [4.69, 9.17) is 16.6 Å². The minimum Gasteiger partial charge on any atom is -0.508 e. The number of carbonyl (C=O) groups is 5. The second-order valence-corrected chi connectivity index (χ2v) is 9.88. The summed E-state index contributed by atoms with van der Waals surface area (Å²) >= 11 is 0. The van der Waals surface area contributed by atoms with Crippen molar-refractivity contribution in [3.63, 3.8) is 0 Å². The average Bonchev–Trinajstić information content (AvgIpc) is 2.93. The number of nitrogens with two attached hydrogens (primary N) is 2. The van der Waals surface area contributed by atoms with Gasteiger partial charge in [-0.15, -0.1) is 0 Å². The lowest BCUT2D eigenvalue weighted by atomic mass is 10.0. The van der Waals surface area contributed by atoms with E-state index in [1.165, 1.54) is 24.3 Å². The van der Waals surface area contributed by atoms with Gasteiger partial charge in [0.1, 0.15) is 36.0 Å². The van der Waals surface area contributed by atoms with Crippen molar-refractivity contribution in [2.45, 2.75) is 69.7 Å². The Morgan fingerprint density at radius 1 is 0.780 bits per heavy atom. The molecule has 0 saturated heterocycles. The van der Waals surface area contributed by atoms with Crippen LogP contribution in [0.2, 0.25) is 0 Å². The summed E-state index contributed by atoms with van der Waals surface area (Å²) in [5, 5.41) is 47.5. The summed E-state index contributed by atoms with van der Waals surface area (Å²) < 4.78 is 0. The highest BCUT2D eigenvalue weighted by molar-refractivity contribution is 5.95. The van der Waals surface area contributed by atoms with E-state index in [0.29, 0.717) is 24.9 Å². The Bertz CT molecular complexity index is 1020. The molecule has 0 aliphatic rings. The standard InChI is InChI=1S/C26H42N6O9/c1-14(2)21(32-22(36)17(28)12-33)25(39)29-18(5-3-4-10-27)23(37)31-20(13-34)24(38)30-19(26(40)41)11-15-6-8-16(35)9-7-15/h6-9,14,17-21,33-35H,3-5,10-13,27-28H2,1-2H3,(H,29,39)(H,30,38)(H,31,37)(H,32,36)(H,40,41)/t17-,18-,19-,20-,21-/m0/s1. The van der Waals surface area contributed by atoms with Crippen LogP contribution in [-0.2, 0) is 30.4 Å². The Morgan fingerprint density at radius 2 is 1.34 bits per heavy atom. The molecule has 4 amide bonds. The van der Waals surface area contributed by atoms with E-state index in [9.17, 15) is 39.3 Å². The molecule has 1 aromatic carbocycles. The first-order valence-electron chi connectivity index (χ1n) is 13.2. The van der Waals surface area contributed by atoms with Crippen molar-refractivity contribution in [3.8, 4) is 5.75 Å². The third-order valence-electron chi connectivity index (χ3n) is 6.17. The number of aliphatic hydroxyl groups is 2. The minimum absolute atomic E-state index is 0.0170. The number of carboxylic acid groups (broad SMARTS) is 1. The van der Waals surface area contributed by atoms with Crippen molar-refractivity contribution < 1.29 is 44.4 Å². The van der Waals surface area contributed by atoms with Gasteiger partial charge in [-0.2, -0.15) is 0 Å². The first-order valence-corrected chi connectivity index (χ1v) is 13.2. The Balaban J connectivity index is 3.00. The van der Waals surface area contributed by atoms with Gasteiger partial charge >= 0.3 is 5.97 Å². The van der Waals surface area contributed by atoms with Crippen molar-refractivity contribution in [2.24, 2.45) is 17.4 Å². The molecule has 15 nitrogen and oxygen atoms in total. The molecular formula is C26H42N6O9. The fraction of sp³-hybridized carbons (Fsp3) is 0.577. The summed E-state index contributed by atoms with van der Waals surface area (Å²) in [5.41, 5.74) is 11.6. The van der Waals surface area contributed by atoms with Crippen LogP contribution in [0.1, 0.15) is 38.7 Å². The van der Waals surface area contributed by atoms with Crippen LogP contribution in [0.3, 0.4) is 0 Å². The minimum atomic E-state index is -1.54. The van der Waals surface area contributed by atoms with Crippen LogP contribution in [0.5, 0.6) is 5.75 Å². The number of unbranched alkanes of at least 4 members (excludes halogenated alkanes) is 1. The van der Waals surface area contributed by atoms with Crippen LogP contribution in [0.25, 0.3) is 0 Å². The number of hydrogen-bond donors (Lipinski definition) is 10. The largest absolute Gasteiger partial charge is 0.508 e. The number of nitrogens with one attached hydrogen (secondary N) is 4. The van der Waals surface area contributed by atoms with E-state index < -0.39 is 78.9 Å². The molecule has 0 heterocycles. The van der Waals surface area contributed by atoms with Crippen molar-refractivity contribution in [1.82, 2.24) is 21.3 Å². The summed E-state index contributed by atoms with van der Waals surface area (Å²) in [4.78, 5) is 62.9. The van der Waals surface area contributed by atoms with Crippen LogP contribution in [0.15, 0.2) is 24.3 Å². The first-order chi connectivity index (χ1) is 19.3. The smallest absolute Gasteiger partial charge is 0.326 e. The molecule has 15 heteroatoms. The molecule has 230 valence electrons. The molecule has 1 aromatic rings. The lowest BCUT2D eigenvalue weighted by Gasteiger charge is -2.27. The normalized spacial score (nSPS) is 14.7. The predicted octanol–water partition coefficient (Wildman–Crippen LogP) is -2.94. The van der Waals surface area contributed by atoms with E-state index in [0.717, 1.165) is 0 Å². The molecule has 12 N–H and O–H groups in total. The Hall–Kier alpha value is -3.79. The van der Waals surface area contributed by atoms with E-state index >= 15 is 0 Å². The number of aromatic hydroxyl groups is 1. The number of carbonyl (C=O) groups excluding carboxylic acids is 4. The van der Waals surface area contributed by atoms with Gasteiger partial charge in [-0.25, -0.2) is 4.79 Å². The fourth-order valence-electron chi connectivity index (χ4n) is 3.71. The van der Waals surface area contributed by atoms with Gasteiger partial charge in [-0.05, 0) is 49.4 Å². The molecule has 0 aliphatic heterocycles. The molecular weight excluding hydrogens is 540 g/mol. The van der Waals surface area contributed by atoms with Gasteiger partial charge in [-0.3, -0.25) is 19.2 Å². The van der Waals surface area contributed by atoms with Crippen molar-refractivity contribution in [1.29, 1.82) is 0 Å². The summed E-state index contributed by atoms with van der Waals surface area (Å²) in [5.74, 6) is -5.06. The van der Waals surface area contributed by atoms with E-state index in [-0.39, 0.29) is 18.6 Å². The van der Waals surface area contributed by atoms with E-state index in [1.807, 2.05) is 0 Å². The maximum absolute atomic E-state index is 13.1. The van der Waals surface area contributed by atoms with E-state index in [1.54, 1.807) is 13.8 Å². The maximum Gasteiger partial charge on any atom is 0.326 e. The van der Waals surface area contributed by atoms with Crippen LogP contribution < -0.4 is 32.7 Å². The Labute approximate surface area is 238 Å². The molecule has 5 atom stereocenters. The first kappa shape index (κ1) is 35.2. The maximum atomic E-state index is 13.1. The lowest BCUT2D eigenvalue weighted by Crippen LogP contribution is -2.60.